The quantitative estimate of drug-likeness (QED) is 0.138. The Kier molecular flexibility index (Phi) is 17.2. The molecule has 9 aromatic rings. The largest absolute Gasteiger partial charge is 0.347 e. The highest BCUT2D eigenvalue weighted by atomic mass is 32.2. The van der Waals surface area contributed by atoms with Crippen LogP contribution >= 0.6 is 0 Å². The molecule has 74 heavy (non-hydrogen) atoms. The topological polar surface area (TPSA) is 143 Å². The van der Waals surface area contributed by atoms with E-state index in [-0.39, 0.29) is 42.1 Å². The number of aryl methyl sites for hydroxylation is 6. The number of imidazole rings is 2. The molecule has 2 aromatic heterocycles. The molecule has 2 aliphatic rings. The summed E-state index contributed by atoms with van der Waals surface area (Å²) in [5.74, 6) is 0.937. The molecule has 0 bridgehead atoms. The summed E-state index contributed by atoms with van der Waals surface area (Å²) in [4.78, 5) is 10.2. The Hall–Kier alpha value is -7.37. The van der Waals surface area contributed by atoms with Gasteiger partial charge < -0.3 is 26.3 Å². The van der Waals surface area contributed by atoms with Crippen LogP contribution in [0.25, 0.3) is 45.0 Å². The molecule has 0 spiro atoms. The summed E-state index contributed by atoms with van der Waals surface area (Å²) < 4.78 is 31.3. The molecule has 10 heteroatoms. The molecular weight excluding hydrogens is 931 g/mol. The molecule has 0 aliphatic carbocycles. The summed E-state index contributed by atoms with van der Waals surface area (Å²) in [5.41, 5.74) is 24.0. The maximum absolute atomic E-state index is 13.5. The number of anilines is 1. The number of fused-ring (bicyclic) bond motifs is 6. The van der Waals surface area contributed by atoms with Crippen molar-refractivity contribution in [2.24, 2.45) is 5.73 Å². The average molecular weight is 1010 g/mol. The number of rotatable bonds is 8. The lowest BCUT2D eigenvalue weighted by atomic mass is 9.91. The molecule has 7 aromatic carbocycles. The van der Waals surface area contributed by atoms with Gasteiger partial charge in [-0.05, 0) is 137 Å². The van der Waals surface area contributed by atoms with Crippen molar-refractivity contribution in [3.63, 3.8) is 0 Å². The molecule has 6 N–H and O–H groups in total. The van der Waals surface area contributed by atoms with Crippen molar-refractivity contribution in [3.05, 3.63) is 220 Å². The van der Waals surface area contributed by atoms with Crippen molar-refractivity contribution >= 4 is 15.8 Å². The molecule has 0 unspecified atom stereocenters. The molecule has 0 atom stereocenters. The first-order valence-electron chi connectivity index (χ1n) is 24.5. The molecule has 0 radical (unpaired) electrons. The summed E-state index contributed by atoms with van der Waals surface area (Å²) in [6.45, 7) is 18.6. The van der Waals surface area contributed by atoms with E-state index in [0.29, 0.717) is 12.2 Å². The normalized spacial score (nSPS) is 12.2. The zero-order chi connectivity index (χ0) is 50.1. The molecule has 0 saturated carbocycles. The minimum absolute atomic E-state index is 0. The van der Waals surface area contributed by atoms with E-state index in [1.165, 1.54) is 55.8 Å². The highest BCUT2D eigenvalue weighted by Crippen LogP contribution is 2.43. The number of nitrogens with one attached hydrogen (secondary N) is 1. The van der Waals surface area contributed by atoms with Crippen LogP contribution < -0.4 is 17.2 Å². The second-order valence-corrected chi connectivity index (χ2v) is 21.8. The Bertz CT molecular complexity index is 3430. The van der Waals surface area contributed by atoms with Crippen LogP contribution in [0.4, 0.5) is 5.95 Å². The first kappa shape index (κ1) is 55.9. The van der Waals surface area contributed by atoms with E-state index < -0.39 is 9.84 Å². The van der Waals surface area contributed by atoms with Gasteiger partial charge in [-0.2, -0.15) is 0 Å². The third-order valence-corrected chi connectivity index (χ3v) is 15.6. The van der Waals surface area contributed by atoms with E-state index in [2.05, 4.69) is 136 Å². The summed E-state index contributed by atoms with van der Waals surface area (Å²) in [7, 11) is -3.74. The standard InChI is InChI=1S/C28H29N3.C25H22N2O2S.C9H13N.2CH4.H3N/c1-19-17-22-15-16-31-26(24(22)18-20(19)2)25(21-11-7-5-8-12-21)29-27(31)30-28(3,4)23-13-9-6-10-14-23;1-17-15-20-13-14-27-24(22(20)16-18(17)2)23(19-9-5-3-6-10-19)26-25(27)30(28,29)21-11-7-4-8-12-21;1-9(2,10)8-6-4-3-5-7-8;;;/h5-14,17-18H,15-16H2,1-4H3,(H,29,30);3-12,15-16H,13-14H2,1-2H3;3-7H,10H2,1-2H3;2*1H4;1H3. The molecule has 384 valence electrons. The fourth-order valence-corrected chi connectivity index (χ4v) is 11.0. The average Bonchev–Trinajstić information content (AvgIpc) is 3.96. The Morgan fingerprint density at radius 2 is 0.892 bits per heavy atom. The number of nitrogens with zero attached hydrogens (tertiary/aromatic N) is 4. The van der Waals surface area contributed by atoms with Crippen molar-refractivity contribution in [1.82, 2.24) is 25.3 Å². The molecule has 11 rings (SSSR count). The molecule has 0 fully saturated rings. The van der Waals surface area contributed by atoms with Crippen LogP contribution in [-0.2, 0) is 46.8 Å². The Balaban J connectivity index is 0.000000197. The van der Waals surface area contributed by atoms with Gasteiger partial charge in [-0.15, -0.1) is 0 Å². The number of benzene rings is 7. The molecule has 4 heterocycles. The van der Waals surface area contributed by atoms with Crippen LogP contribution in [0.3, 0.4) is 0 Å². The monoisotopic (exact) mass is 1010 g/mol. The van der Waals surface area contributed by atoms with Crippen LogP contribution in [0.2, 0.25) is 0 Å². The number of hydrogen-bond donors (Lipinski definition) is 3. The lowest BCUT2D eigenvalue weighted by Gasteiger charge is -2.29. The Labute approximate surface area is 441 Å². The minimum Gasteiger partial charge on any atom is -0.347 e. The van der Waals surface area contributed by atoms with Gasteiger partial charge in [0.05, 0.1) is 33.2 Å². The molecule has 2 aliphatic heterocycles. The van der Waals surface area contributed by atoms with Crippen molar-refractivity contribution in [3.8, 4) is 45.0 Å². The Morgan fingerprint density at radius 1 is 0.514 bits per heavy atom. The molecule has 0 amide bonds. The second kappa shape index (κ2) is 22.8. The summed E-state index contributed by atoms with van der Waals surface area (Å²) in [6.07, 6.45) is 1.81. The third kappa shape index (κ3) is 11.4. The first-order valence-corrected chi connectivity index (χ1v) is 26.0. The van der Waals surface area contributed by atoms with Crippen LogP contribution in [0.1, 0.15) is 87.1 Å². The van der Waals surface area contributed by atoms with Gasteiger partial charge in [0.15, 0.2) is 0 Å². The Morgan fingerprint density at radius 3 is 1.34 bits per heavy atom. The maximum atomic E-state index is 13.5. The smallest absolute Gasteiger partial charge is 0.240 e. The summed E-state index contributed by atoms with van der Waals surface area (Å²) in [6, 6.07) is 58.7. The highest BCUT2D eigenvalue weighted by molar-refractivity contribution is 7.91. The van der Waals surface area contributed by atoms with Crippen molar-refractivity contribution in [2.75, 3.05) is 5.32 Å². The van der Waals surface area contributed by atoms with Crippen molar-refractivity contribution in [2.45, 2.75) is 117 Å². The van der Waals surface area contributed by atoms with Crippen LogP contribution in [0.5, 0.6) is 0 Å². The fraction of sp³-hybridized carbons (Fsp3) is 0.250. The third-order valence-electron chi connectivity index (χ3n) is 13.9. The maximum Gasteiger partial charge on any atom is 0.240 e. The van der Waals surface area contributed by atoms with Gasteiger partial charge in [-0.25, -0.2) is 18.4 Å². The predicted molar refractivity (Wildman–Crippen MR) is 310 cm³/mol. The summed E-state index contributed by atoms with van der Waals surface area (Å²) in [5, 5.41) is 3.88. The summed E-state index contributed by atoms with van der Waals surface area (Å²) >= 11 is 0. The van der Waals surface area contributed by atoms with E-state index in [1.807, 2.05) is 85.1 Å². The molecule has 0 saturated heterocycles. The second-order valence-electron chi connectivity index (χ2n) is 20.0. The van der Waals surface area contributed by atoms with E-state index in [9.17, 15) is 8.42 Å². The van der Waals surface area contributed by atoms with Gasteiger partial charge in [0, 0.05) is 40.9 Å². The van der Waals surface area contributed by atoms with Gasteiger partial charge in [0.2, 0.25) is 20.9 Å². The number of hydrogen-bond acceptors (Lipinski definition) is 7. The fourth-order valence-electron chi connectivity index (χ4n) is 9.60. The number of nitrogens with two attached hydrogens (primary N) is 1. The van der Waals surface area contributed by atoms with Crippen molar-refractivity contribution in [1.29, 1.82) is 0 Å². The van der Waals surface area contributed by atoms with E-state index >= 15 is 0 Å². The first-order chi connectivity index (χ1) is 34.0. The van der Waals surface area contributed by atoms with Gasteiger partial charge in [0.1, 0.15) is 0 Å². The molecule has 9 nitrogen and oxygen atoms in total. The van der Waals surface area contributed by atoms with Crippen LogP contribution in [0.15, 0.2) is 186 Å². The molecular formula is C64H75N7O2S. The van der Waals surface area contributed by atoms with Crippen LogP contribution in [0, 0.1) is 27.7 Å². The minimum atomic E-state index is -3.74. The zero-order valence-electron chi connectivity index (χ0n) is 42.9. The lowest BCUT2D eigenvalue weighted by molar-refractivity contribution is 0.554. The van der Waals surface area contributed by atoms with E-state index in [4.69, 9.17) is 15.7 Å². The van der Waals surface area contributed by atoms with E-state index in [1.54, 1.807) is 24.3 Å². The lowest BCUT2D eigenvalue weighted by Crippen LogP contribution is -2.30. The van der Waals surface area contributed by atoms with Crippen LogP contribution in [-0.4, -0.2) is 27.5 Å². The van der Waals surface area contributed by atoms with Gasteiger partial charge in [-0.1, -0.05) is 167 Å². The highest BCUT2D eigenvalue weighted by Gasteiger charge is 2.33. The number of aromatic nitrogens is 4. The van der Waals surface area contributed by atoms with Gasteiger partial charge >= 0.3 is 0 Å². The van der Waals surface area contributed by atoms with Gasteiger partial charge in [0.25, 0.3) is 0 Å². The van der Waals surface area contributed by atoms with Gasteiger partial charge in [-0.3, -0.25) is 0 Å². The SMILES string of the molecule is C.C.CC(C)(N)c1ccccc1.Cc1cc2c(cc1C)-c1c(-c3ccccc3)nc(NC(C)(C)c3ccccc3)n1CC2.Cc1cc2c(cc1C)-c1c(-c3ccccc3)nc(S(=O)(=O)c3ccccc3)n1CC2.N. The van der Waals surface area contributed by atoms with E-state index in [0.717, 1.165) is 53.4 Å². The zero-order valence-corrected chi connectivity index (χ0v) is 43.7. The van der Waals surface area contributed by atoms with Crippen molar-refractivity contribution < 1.29 is 8.42 Å². The predicted octanol–water partition coefficient (Wildman–Crippen LogP) is 15.3. The number of sulfone groups is 1.